The van der Waals surface area contributed by atoms with E-state index in [1.165, 1.54) is 0 Å². The molecule has 1 aromatic carbocycles. The van der Waals surface area contributed by atoms with Gasteiger partial charge in [0.15, 0.2) is 0 Å². The molecule has 5 heteroatoms. The minimum absolute atomic E-state index is 0.550. The average Bonchev–Trinajstić information content (AvgIpc) is 2.27. The second kappa shape index (κ2) is 5.28. The molecule has 0 spiro atoms. The quantitative estimate of drug-likeness (QED) is 0.877. The van der Waals surface area contributed by atoms with Crippen LogP contribution in [0.25, 0.3) is 0 Å². The van der Waals surface area contributed by atoms with E-state index in [2.05, 4.69) is 21.2 Å². The Kier molecular flexibility index (Phi) is 3.92. The number of carbonyl (C=O) groups is 1. The minimum atomic E-state index is -0.749. The Morgan fingerprint density at radius 1 is 1.56 bits per heavy atom. The number of ether oxygens (including phenoxy) is 1. The lowest BCUT2D eigenvalue weighted by Gasteiger charge is -2.38. The van der Waals surface area contributed by atoms with Gasteiger partial charge in [0.05, 0.1) is 11.6 Å². The van der Waals surface area contributed by atoms with Gasteiger partial charge in [-0.3, -0.25) is 10.1 Å². The van der Waals surface area contributed by atoms with E-state index in [-0.39, 0.29) is 0 Å². The molecule has 0 aliphatic heterocycles. The van der Waals surface area contributed by atoms with Crippen LogP contribution in [0.1, 0.15) is 24.8 Å². The van der Waals surface area contributed by atoms with Crippen molar-refractivity contribution in [2.24, 2.45) is 0 Å². The SMILES string of the molecule is COc1ccc(CNC2(C(=O)O)CCC2)cc1Br. The van der Waals surface area contributed by atoms with E-state index in [0.717, 1.165) is 22.2 Å². The van der Waals surface area contributed by atoms with Gasteiger partial charge >= 0.3 is 5.97 Å². The maximum atomic E-state index is 11.2. The molecule has 98 valence electrons. The van der Waals surface area contributed by atoms with Crippen LogP contribution in [-0.4, -0.2) is 23.7 Å². The molecule has 1 aromatic rings. The van der Waals surface area contributed by atoms with E-state index in [4.69, 9.17) is 4.74 Å². The van der Waals surface area contributed by atoms with Crippen LogP contribution >= 0.6 is 15.9 Å². The van der Waals surface area contributed by atoms with Gasteiger partial charge in [0.2, 0.25) is 0 Å². The topological polar surface area (TPSA) is 58.6 Å². The third-order valence-corrected chi connectivity index (χ3v) is 4.08. The Hall–Kier alpha value is -1.07. The molecule has 2 N–H and O–H groups in total. The van der Waals surface area contributed by atoms with Crippen LogP contribution in [0.4, 0.5) is 0 Å². The first kappa shape index (κ1) is 13.4. The molecular weight excluding hydrogens is 298 g/mol. The van der Waals surface area contributed by atoms with E-state index >= 15 is 0 Å². The fourth-order valence-electron chi connectivity index (χ4n) is 2.09. The van der Waals surface area contributed by atoms with Crippen LogP contribution in [0.2, 0.25) is 0 Å². The summed E-state index contributed by atoms with van der Waals surface area (Å²) in [6.45, 7) is 0.550. The normalized spacial score (nSPS) is 17.0. The van der Waals surface area contributed by atoms with Crippen molar-refractivity contribution in [1.29, 1.82) is 0 Å². The number of hydrogen-bond acceptors (Lipinski definition) is 3. The predicted molar refractivity (Wildman–Crippen MR) is 71.8 cm³/mol. The van der Waals surface area contributed by atoms with Gasteiger partial charge in [-0.1, -0.05) is 6.07 Å². The lowest BCUT2D eigenvalue weighted by molar-refractivity contribution is -0.148. The van der Waals surface area contributed by atoms with E-state index in [0.29, 0.717) is 19.4 Å². The maximum absolute atomic E-state index is 11.2. The monoisotopic (exact) mass is 313 g/mol. The highest BCUT2D eigenvalue weighted by molar-refractivity contribution is 9.10. The molecule has 0 aromatic heterocycles. The van der Waals surface area contributed by atoms with Gasteiger partial charge in [0.25, 0.3) is 0 Å². The van der Waals surface area contributed by atoms with Gasteiger partial charge in [-0.25, -0.2) is 0 Å². The number of halogens is 1. The Morgan fingerprint density at radius 2 is 2.28 bits per heavy atom. The highest BCUT2D eigenvalue weighted by Gasteiger charge is 2.43. The number of carboxylic acid groups (broad SMARTS) is 1. The number of aliphatic carboxylic acids is 1. The molecule has 4 nitrogen and oxygen atoms in total. The Labute approximate surface area is 114 Å². The average molecular weight is 314 g/mol. The van der Waals surface area contributed by atoms with Crippen LogP contribution < -0.4 is 10.1 Å². The molecule has 1 aliphatic rings. The van der Waals surface area contributed by atoms with Gasteiger partial charge in [-0.2, -0.15) is 0 Å². The van der Waals surface area contributed by atoms with Crippen molar-refractivity contribution in [3.05, 3.63) is 28.2 Å². The zero-order valence-electron chi connectivity index (χ0n) is 10.2. The largest absolute Gasteiger partial charge is 0.496 e. The molecule has 1 fully saturated rings. The third kappa shape index (κ3) is 2.52. The number of benzene rings is 1. The summed E-state index contributed by atoms with van der Waals surface area (Å²) in [5.74, 6) is 0.0247. The van der Waals surface area contributed by atoms with Gasteiger partial charge in [-0.15, -0.1) is 0 Å². The minimum Gasteiger partial charge on any atom is -0.496 e. The molecule has 0 atom stereocenters. The van der Waals surface area contributed by atoms with Crippen molar-refractivity contribution in [2.45, 2.75) is 31.3 Å². The molecule has 1 saturated carbocycles. The summed E-state index contributed by atoms with van der Waals surface area (Å²) in [4.78, 5) is 11.2. The van der Waals surface area contributed by atoms with Gasteiger partial charge in [0.1, 0.15) is 11.3 Å². The van der Waals surface area contributed by atoms with Crippen LogP contribution in [0.5, 0.6) is 5.75 Å². The van der Waals surface area contributed by atoms with Crippen molar-refractivity contribution in [2.75, 3.05) is 7.11 Å². The zero-order chi connectivity index (χ0) is 13.2. The van der Waals surface area contributed by atoms with Crippen LogP contribution in [-0.2, 0) is 11.3 Å². The van der Waals surface area contributed by atoms with Gasteiger partial charge in [-0.05, 0) is 52.9 Å². The zero-order valence-corrected chi connectivity index (χ0v) is 11.8. The van der Waals surface area contributed by atoms with E-state index in [1.807, 2.05) is 18.2 Å². The predicted octanol–water partition coefficient (Wildman–Crippen LogP) is 2.55. The number of hydrogen-bond donors (Lipinski definition) is 2. The fourth-order valence-corrected chi connectivity index (χ4v) is 2.68. The maximum Gasteiger partial charge on any atom is 0.323 e. The smallest absolute Gasteiger partial charge is 0.323 e. The van der Waals surface area contributed by atoms with Crippen LogP contribution in [0.15, 0.2) is 22.7 Å². The van der Waals surface area contributed by atoms with Gasteiger partial charge < -0.3 is 9.84 Å². The van der Waals surface area contributed by atoms with Gasteiger partial charge in [0, 0.05) is 6.54 Å². The summed E-state index contributed by atoms with van der Waals surface area (Å²) in [7, 11) is 1.62. The highest BCUT2D eigenvalue weighted by Crippen LogP contribution is 2.33. The number of rotatable bonds is 5. The third-order valence-electron chi connectivity index (χ3n) is 3.46. The van der Waals surface area contributed by atoms with Crippen molar-refractivity contribution in [3.8, 4) is 5.75 Å². The molecule has 0 unspecified atom stereocenters. The molecule has 1 aliphatic carbocycles. The summed E-state index contributed by atoms with van der Waals surface area (Å²) < 4.78 is 6.03. The molecule has 0 saturated heterocycles. The van der Waals surface area contributed by atoms with Crippen molar-refractivity contribution >= 4 is 21.9 Å². The molecule has 0 bridgehead atoms. The Balaban J connectivity index is 2.02. The number of carboxylic acids is 1. The second-order valence-electron chi connectivity index (χ2n) is 4.56. The lowest BCUT2D eigenvalue weighted by atomic mass is 9.76. The molecular formula is C13H16BrNO3. The number of nitrogens with one attached hydrogen (secondary N) is 1. The highest BCUT2D eigenvalue weighted by atomic mass is 79.9. The standard InChI is InChI=1S/C13H16BrNO3/c1-18-11-4-3-9(7-10(11)14)8-15-13(12(16)17)5-2-6-13/h3-4,7,15H,2,5-6,8H2,1H3,(H,16,17). The van der Waals surface area contributed by atoms with Crippen molar-refractivity contribution in [1.82, 2.24) is 5.32 Å². The summed E-state index contributed by atoms with van der Waals surface area (Å²) >= 11 is 3.42. The summed E-state index contributed by atoms with van der Waals surface area (Å²) in [6.07, 6.45) is 2.39. The number of methoxy groups -OCH3 is 1. The molecule has 0 radical (unpaired) electrons. The first-order chi connectivity index (χ1) is 8.57. The van der Waals surface area contributed by atoms with Crippen molar-refractivity contribution in [3.63, 3.8) is 0 Å². The van der Waals surface area contributed by atoms with E-state index in [1.54, 1.807) is 7.11 Å². The van der Waals surface area contributed by atoms with Crippen LogP contribution in [0.3, 0.4) is 0 Å². The summed E-state index contributed by atoms with van der Waals surface area (Å²) in [5.41, 5.74) is 0.321. The fraction of sp³-hybridized carbons (Fsp3) is 0.462. The first-order valence-corrected chi connectivity index (χ1v) is 6.67. The molecule has 0 amide bonds. The lowest BCUT2D eigenvalue weighted by Crippen LogP contribution is -2.56. The molecule has 2 rings (SSSR count). The van der Waals surface area contributed by atoms with Crippen LogP contribution in [0, 0.1) is 0 Å². The summed E-state index contributed by atoms with van der Waals surface area (Å²) in [5, 5.41) is 12.4. The first-order valence-electron chi connectivity index (χ1n) is 5.88. The summed E-state index contributed by atoms with van der Waals surface area (Å²) in [6, 6.07) is 5.75. The second-order valence-corrected chi connectivity index (χ2v) is 5.42. The van der Waals surface area contributed by atoms with E-state index in [9.17, 15) is 9.90 Å². The molecule has 0 heterocycles. The molecule has 18 heavy (non-hydrogen) atoms. The van der Waals surface area contributed by atoms with E-state index < -0.39 is 11.5 Å². The Bertz CT molecular complexity index is 458. The van der Waals surface area contributed by atoms with Crippen molar-refractivity contribution < 1.29 is 14.6 Å². The Morgan fingerprint density at radius 3 is 2.72 bits per heavy atom.